The number of alkyl halides is 1. The van der Waals surface area contributed by atoms with Gasteiger partial charge < -0.3 is 4.74 Å². The lowest BCUT2D eigenvalue weighted by atomic mass is 10.0. The molecule has 2 nitrogen and oxygen atoms in total. The maximum atomic E-state index is 11.6. The molecule has 0 saturated heterocycles. The van der Waals surface area contributed by atoms with Gasteiger partial charge in [-0.15, -0.1) is 0 Å². The number of hydrogen-bond acceptors (Lipinski definition) is 2. The molecule has 1 aromatic carbocycles. The topological polar surface area (TPSA) is 26.3 Å². The molecule has 76 valence electrons. The third-order valence-electron chi connectivity index (χ3n) is 2.00. The van der Waals surface area contributed by atoms with E-state index in [4.69, 9.17) is 4.74 Å². The van der Waals surface area contributed by atoms with E-state index < -0.39 is 0 Å². The molecule has 3 heteroatoms. The van der Waals surface area contributed by atoms with Gasteiger partial charge in [0, 0.05) is 5.33 Å². The van der Waals surface area contributed by atoms with Crippen molar-refractivity contribution in [2.45, 2.75) is 13.8 Å². The summed E-state index contributed by atoms with van der Waals surface area (Å²) in [5.41, 5.74) is 2.61. The second-order valence-electron chi connectivity index (χ2n) is 3.09. The summed E-state index contributed by atoms with van der Waals surface area (Å²) in [7, 11) is 0. The normalized spacial score (nSPS) is 9.93. The number of ether oxygens (including phenoxy) is 1. The third-order valence-corrected chi connectivity index (χ3v) is 2.32. The highest BCUT2D eigenvalue weighted by molar-refractivity contribution is 9.09. The zero-order valence-corrected chi connectivity index (χ0v) is 9.93. The van der Waals surface area contributed by atoms with E-state index in [0.29, 0.717) is 17.5 Å². The van der Waals surface area contributed by atoms with E-state index in [-0.39, 0.29) is 5.97 Å². The Morgan fingerprint density at radius 1 is 1.36 bits per heavy atom. The van der Waals surface area contributed by atoms with Crippen molar-refractivity contribution < 1.29 is 9.53 Å². The summed E-state index contributed by atoms with van der Waals surface area (Å²) >= 11 is 3.21. The van der Waals surface area contributed by atoms with Gasteiger partial charge in [0.25, 0.3) is 0 Å². The fraction of sp³-hybridized carbons (Fsp3) is 0.364. The number of carbonyl (C=O) groups is 1. The van der Waals surface area contributed by atoms with Crippen LogP contribution in [0.5, 0.6) is 0 Å². The van der Waals surface area contributed by atoms with Crippen LogP contribution >= 0.6 is 15.9 Å². The molecule has 1 aromatic rings. The van der Waals surface area contributed by atoms with Crippen LogP contribution in [0.3, 0.4) is 0 Å². The summed E-state index contributed by atoms with van der Waals surface area (Å²) in [5.74, 6) is -0.236. The van der Waals surface area contributed by atoms with Crippen molar-refractivity contribution in [2.75, 3.05) is 11.9 Å². The summed E-state index contributed by atoms with van der Waals surface area (Å²) in [6.07, 6.45) is 0. The number of halogens is 1. The number of esters is 1. The van der Waals surface area contributed by atoms with Crippen LogP contribution in [0.15, 0.2) is 18.2 Å². The molecule has 0 heterocycles. The predicted octanol–water partition coefficient (Wildman–Crippen LogP) is 2.86. The zero-order valence-electron chi connectivity index (χ0n) is 8.34. The van der Waals surface area contributed by atoms with Crippen LogP contribution in [0.1, 0.15) is 21.5 Å². The summed E-state index contributed by atoms with van der Waals surface area (Å²) in [4.78, 5) is 11.6. The summed E-state index contributed by atoms with van der Waals surface area (Å²) < 4.78 is 5.05. The van der Waals surface area contributed by atoms with Crippen LogP contribution in [-0.4, -0.2) is 17.9 Å². The average molecular weight is 257 g/mol. The minimum absolute atomic E-state index is 0.236. The molecule has 0 fully saturated rings. The van der Waals surface area contributed by atoms with Gasteiger partial charge in [-0.2, -0.15) is 0 Å². The lowest BCUT2D eigenvalue weighted by Gasteiger charge is -2.08. The lowest BCUT2D eigenvalue weighted by Crippen LogP contribution is -2.10. The van der Waals surface area contributed by atoms with E-state index in [9.17, 15) is 4.79 Å². The van der Waals surface area contributed by atoms with Crippen molar-refractivity contribution in [3.05, 3.63) is 34.9 Å². The second-order valence-corrected chi connectivity index (χ2v) is 3.88. The molecular weight excluding hydrogens is 244 g/mol. The van der Waals surface area contributed by atoms with E-state index in [1.54, 1.807) is 0 Å². The first-order valence-corrected chi connectivity index (χ1v) is 5.58. The molecule has 1 rings (SSSR count). The Hall–Kier alpha value is -0.830. The van der Waals surface area contributed by atoms with Gasteiger partial charge in [0.2, 0.25) is 0 Å². The first-order chi connectivity index (χ1) is 6.66. The highest BCUT2D eigenvalue weighted by Crippen LogP contribution is 2.14. The Morgan fingerprint density at radius 3 is 2.43 bits per heavy atom. The quantitative estimate of drug-likeness (QED) is 0.614. The number of aryl methyl sites for hydroxylation is 2. The summed E-state index contributed by atoms with van der Waals surface area (Å²) in [6, 6.07) is 5.77. The number of benzene rings is 1. The molecular formula is C11H13BrO2. The molecule has 14 heavy (non-hydrogen) atoms. The van der Waals surface area contributed by atoms with Crippen LogP contribution in [0.25, 0.3) is 0 Å². The highest BCUT2D eigenvalue weighted by atomic mass is 79.9. The molecule has 0 saturated carbocycles. The zero-order chi connectivity index (χ0) is 10.6. The van der Waals surface area contributed by atoms with Crippen molar-refractivity contribution >= 4 is 21.9 Å². The monoisotopic (exact) mass is 256 g/mol. The van der Waals surface area contributed by atoms with Crippen molar-refractivity contribution in [1.82, 2.24) is 0 Å². The SMILES string of the molecule is Cc1cccc(C)c1C(=O)OCCBr. The van der Waals surface area contributed by atoms with Crippen LogP contribution in [0.4, 0.5) is 0 Å². The van der Waals surface area contributed by atoms with Crippen molar-refractivity contribution in [3.8, 4) is 0 Å². The molecule has 0 aromatic heterocycles. The summed E-state index contributed by atoms with van der Waals surface area (Å²) in [5, 5.41) is 0.670. The van der Waals surface area contributed by atoms with Crippen LogP contribution in [0.2, 0.25) is 0 Å². The molecule has 0 atom stereocenters. The summed E-state index contributed by atoms with van der Waals surface area (Å²) in [6.45, 7) is 4.24. The Balaban J connectivity index is 2.89. The van der Waals surface area contributed by atoms with Crippen LogP contribution < -0.4 is 0 Å². The predicted molar refractivity (Wildman–Crippen MR) is 60.0 cm³/mol. The molecule has 0 aliphatic rings. The van der Waals surface area contributed by atoms with Gasteiger partial charge in [-0.1, -0.05) is 34.1 Å². The van der Waals surface area contributed by atoms with E-state index in [2.05, 4.69) is 15.9 Å². The molecule has 0 aliphatic heterocycles. The largest absolute Gasteiger partial charge is 0.461 e. The lowest BCUT2D eigenvalue weighted by molar-refractivity contribution is 0.0529. The molecule has 0 radical (unpaired) electrons. The highest BCUT2D eigenvalue weighted by Gasteiger charge is 2.12. The number of carbonyl (C=O) groups excluding carboxylic acids is 1. The molecule has 0 spiro atoms. The van der Waals surface area contributed by atoms with Gasteiger partial charge in [-0.25, -0.2) is 4.79 Å². The fourth-order valence-corrected chi connectivity index (χ4v) is 1.50. The van der Waals surface area contributed by atoms with Gasteiger partial charge in [0.1, 0.15) is 6.61 Å². The van der Waals surface area contributed by atoms with Gasteiger partial charge in [-0.05, 0) is 25.0 Å². The van der Waals surface area contributed by atoms with Gasteiger partial charge in [-0.3, -0.25) is 0 Å². The van der Waals surface area contributed by atoms with E-state index >= 15 is 0 Å². The Kier molecular flexibility index (Phi) is 4.14. The Labute approximate surface area is 92.4 Å². The minimum atomic E-state index is -0.236. The van der Waals surface area contributed by atoms with Crippen LogP contribution in [-0.2, 0) is 4.74 Å². The standard InChI is InChI=1S/C11H13BrO2/c1-8-4-3-5-9(2)10(8)11(13)14-7-6-12/h3-5H,6-7H2,1-2H3. The van der Waals surface area contributed by atoms with Crippen molar-refractivity contribution in [3.63, 3.8) is 0 Å². The van der Waals surface area contributed by atoms with E-state index in [0.717, 1.165) is 11.1 Å². The molecule has 0 unspecified atom stereocenters. The molecule has 0 aliphatic carbocycles. The third kappa shape index (κ3) is 2.58. The minimum Gasteiger partial charge on any atom is -0.461 e. The van der Waals surface area contributed by atoms with E-state index in [1.807, 2.05) is 32.0 Å². The average Bonchev–Trinajstić information content (AvgIpc) is 2.14. The Bertz CT molecular complexity index is 314. The van der Waals surface area contributed by atoms with E-state index in [1.165, 1.54) is 0 Å². The van der Waals surface area contributed by atoms with Gasteiger partial charge >= 0.3 is 5.97 Å². The smallest absolute Gasteiger partial charge is 0.338 e. The maximum Gasteiger partial charge on any atom is 0.338 e. The first-order valence-electron chi connectivity index (χ1n) is 4.46. The number of hydrogen-bond donors (Lipinski definition) is 0. The fourth-order valence-electron chi connectivity index (χ4n) is 1.34. The number of rotatable bonds is 3. The van der Waals surface area contributed by atoms with Gasteiger partial charge in [0.05, 0.1) is 5.56 Å². The second kappa shape index (κ2) is 5.15. The molecule has 0 N–H and O–H groups in total. The van der Waals surface area contributed by atoms with Crippen molar-refractivity contribution in [1.29, 1.82) is 0 Å². The van der Waals surface area contributed by atoms with Gasteiger partial charge in [0.15, 0.2) is 0 Å². The Morgan fingerprint density at radius 2 is 1.93 bits per heavy atom. The molecule has 0 bridgehead atoms. The first kappa shape index (κ1) is 11.2. The maximum absolute atomic E-state index is 11.6. The van der Waals surface area contributed by atoms with Crippen LogP contribution in [0, 0.1) is 13.8 Å². The van der Waals surface area contributed by atoms with Crippen molar-refractivity contribution in [2.24, 2.45) is 0 Å². The molecule has 0 amide bonds.